The predicted molar refractivity (Wildman–Crippen MR) is 135 cm³/mol. The predicted octanol–water partition coefficient (Wildman–Crippen LogP) is 4.95. The molecule has 0 bridgehead atoms. The molecular formula is C27H27N3O4S. The van der Waals surface area contributed by atoms with Crippen LogP contribution >= 0.6 is 11.3 Å². The minimum Gasteiger partial charge on any atom is -0.454 e. The number of nitrogens with one attached hydrogen (secondary N) is 1. The number of piperidine rings is 1. The van der Waals surface area contributed by atoms with Crippen LogP contribution in [0.15, 0.2) is 54.6 Å². The first kappa shape index (κ1) is 22.1. The summed E-state index contributed by atoms with van der Waals surface area (Å²) in [6.45, 7) is 1.41. The summed E-state index contributed by atoms with van der Waals surface area (Å²) < 4.78 is 11.9. The number of carbonyl (C=O) groups excluding carboxylic acids is 2. The van der Waals surface area contributed by atoms with Gasteiger partial charge in [-0.3, -0.25) is 9.59 Å². The number of aromatic nitrogens is 1. The van der Waals surface area contributed by atoms with Gasteiger partial charge in [0.25, 0.3) is 0 Å². The van der Waals surface area contributed by atoms with Crippen molar-refractivity contribution in [2.24, 2.45) is 11.8 Å². The van der Waals surface area contributed by atoms with E-state index in [0.29, 0.717) is 43.1 Å². The van der Waals surface area contributed by atoms with Crippen LogP contribution in [0, 0.1) is 11.8 Å². The van der Waals surface area contributed by atoms with Crippen LogP contribution in [0.3, 0.4) is 0 Å². The van der Waals surface area contributed by atoms with Crippen molar-refractivity contribution in [1.29, 1.82) is 0 Å². The highest BCUT2D eigenvalue weighted by Crippen LogP contribution is 2.40. The van der Waals surface area contributed by atoms with Crippen molar-refractivity contribution in [3.05, 3.63) is 59.6 Å². The molecule has 3 heterocycles. The van der Waals surface area contributed by atoms with E-state index in [2.05, 4.69) is 23.5 Å². The first-order valence-electron chi connectivity index (χ1n) is 12.2. The fourth-order valence-corrected chi connectivity index (χ4v) is 6.37. The lowest BCUT2D eigenvalue weighted by Crippen LogP contribution is -2.45. The molecule has 35 heavy (non-hydrogen) atoms. The van der Waals surface area contributed by atoms with Crippen LogP contribution in [0.25, 0.3) is 10.2 Å². The average Bonchev–Trinajstić information content (AvgIpc) is 3.55. The molecule has 1 saturated heterocycles. The number of benzene rings is 2. The van der Waals surface area contributed by atoms with E-state index in [1.54, 1.807) is 23.5 Å². The topological polar surface area (TPSA) is 80.8 Å². The Bertz CT molecular complexity index is 1260. The number of anilines is 1. The number of amides is 2. The number of ether oxygens (including phenoxy) is 2. The van der Waals surface area contributed by atoms with E-state index in [1.165, 1.54) is 0 Å². The molecule has 2 aromatic carbocycles. The summed E-state index contributed by atoms with van der Waals surface area (Å²) in [7, 11) is 0. The van der Waals surface area contributed by atoms with Crippen molar-refractivity contribution in [2.45, 2.75) is 31.6 Å². The van der Waals surface area contributed by atoms with Crippen molar-refractivity contribution >= 4 is 39.1 Å². The number of allylic oxidation sites excluding steroid dienone is 2. The van der Waals surface area contributed by atoms with Gasteiger partial charge in [-0.05, 0) is 49.9 Å². The minimum atomic E-state index is -0.115. The molecule has 7 nitrogen and oxygen atoms in total. The Morgan fingerprint density at radius 1 is 1.00 bits per heavy atom. The van der Waals surface area contributed by atoms with E-state index < -0.39 is 0 Å². The van der Waals surface area contributed by atoms with Crippen molar-refractivity contribution in [1.82, 2.24) is 9.88 Å². The molecule has 2 aliphatic heterocycles. The van der Waals surface area contributed by atoms with Gasteiger partial charge in [-0.15, -0.1) is 11.3 Å². The quantitative estimate of drug-likeness (QED) is 0.525. The molecule has 180 valence electrons. The summed E-state index contributed by atoms with van der Waals surface area (Å²) in [5.41, 5.74) is 1.70. The zero-order chi connectivity index (χ0) is 23.8. The Morgan fingerprint density at radius 2 is 1.80 bits per heavy atom. The van der Waals surface area contributed by atoms with Crippen LogP contribution in [-0.2, 0) is 9.59 Å². The first-order chi connectivity index (χ1) is 17.2. The van der Waals surface area contributed by atoms with E-state index in [9.17, 15) is 9.59 Å². The molecule has 2 atom stereocenters. The van der Waals surface area contributed by atoms with Crippen LogP contribution in [0.2, 0.25) is 0 Å². The normalized spacial score (nSPS) is 21.9. The van der Waals surface area contributed by atoms with Crippen molar-refractivity contribution in [3.63, 3.8) is 0 Å². The number of hydrogen-bond donors (Lipinski definition) is 1. The third-order valence-corrected chi connectivity index (χ3v) is 8.36. The second-order valence-corrected chi connectivity index (χ2v) is 10.4. The zero-order valence-corrected chi connectivity index (χ0v) is 20.1. The molecule has 3 aliphatic rings. The van der Waals surface area contributed by atoms with Gasteiger partial charge >= 0.3 is 0 Å². The number of hydrogen-bond acceptors (Lipinski definition) is 6. The summed E-state index contributed by atoms with van der Waals surface area (Å²) in [4.78, 5) is 33.2. The summed E-state index contributed by atoms with van der Waals surface area (Å²) in [6.07, 6.45) is 7.20. The first-order valence-corrected chi connectivity index (χ1v) is 13.0. The van der Waals surface area contributed by atoms with Gasteiger partial charge in [0.2, 0.25) is 18.6 Å². The van der Waals surface area contributed by atoms with Crippen LogP contribution in [0.4, 0.5) is 5.69 Å². The molecule has 0 radical (unpaired) electrons. The molecule has 3 aromatic rings. The highest BCUT2D eigenvalue weighted by molar-refractivity contribution is 7.18. The molecule has 1 fully saturated rings. The van der Waals surface area contributed by atoms with Gasteiger partial charge in [0.15, 0.2) is 11.5 Å². The number of likely N-dealkylation sites (tertiary alicyclic amines) is 1. The number of carbonyl (C=O) groups is 2. The molecule has 1 N–H and O–H groups in total. The second-order valence-electron chi connectivity index (χ2n) is 9.33. The molecular weight excluding hydrogens is 462 g/mol. The van der Waals surface area contributed by atoms with Crippen LogP contribution in [0.5, 0.6) is 11.5 Å². The Morgan fingerprint density at radius 3 is 2.66 bits per heavy atom. The number of fused-ring (bicyclic) bond motifs is 2. The minimum absolute atomic E-state index is 0.0103. The number of para-hydroxylation sites is 1. The second kappa shape index (κ2) is 9.34. The summed E-state index contributed by atoms with van der Waals surface area (Å²) in [6, 6.07) is 13.6. The van der Waals surface area contributed by atoms with E-state index in [4.69, 9.17) is 14.5 Å². The maximum atomic E-state index is 13.6. The maximum absolute atomic E-state index is 13.6. The number of nitrogens with zero attached hydrogens (tertiary/aromatic N) is 2. The third-order valence-electron chi connectivity index (χ3n) is 7.19. The van der Waals surface area contributed by atoms with Gasteiger partial charge in [-0.2, -0.15) is 0 Å². The summed E-state index contributed by atoms with van der Waals surface area (Å²) in [5.74, 6) is 1.41. The fraction of sp³-hybridized carbons (Fsp3) is 0.370. The molecule has 0 saturated carbocycles. The lowest BCUT2D eigenvalue weighted by Gasteiger charge is -2.36. The van der Waals surface area contributed by atoms with E-state index in [-0.39, 0.29) is 36.4 Å². The molecule has 1 aliphatic carbocycles. The molecule has 1 aromatic heterocycles. The van der Waals surface area contributed by atoms with Gasteiger partial charge in [-0.25, -0.2) is 4.98 Å². The van der Waals surface area contributed by atoms with Crippen molar-refractivity contribution in [3.8, 4) is 11.5 Å². The van der Waals surface area contributed by atoms with Crippen LogP contribution in [-0.4, -0.2) is 41.6 Å². The van der Waals surface area contributed by atoms with Gasteiger partial charge in [-0.1, -0.05) is 24.3 Å². The molecule has 8 heteroatoms. The Kier molecular flexibility index (Phi) is 5.90. The van der Waals surface area contributed by atoms with E-state index >= 15 is 0 Å². The van der Waals surface area contributed by atoms with Gasteiger partial charge in [0.1, 0.15) is 0 Å². The Labute approximate surface area is 207 Å². The fourth-order valence-electron chi connectivity index (χ4n) is 5.22. The number of thiazole rings is 1. The molecule has 0 spiro atoms. The molecule has 2 amide bonds. The maximum Gasteiger partial charge on any atom is 0.231 e. The molecule has 2 unspecified atom stereocenters. The average molecular weight is 490 g/mol. The zero-order valence-electron chi connectivity index (χ0n) is 19.3. The summed E-state index contributed by atoms with van der Waals surface area (Å²) in [5, 5.41) is 4.04. The highest BCUT2D eigenvalue weighted by atomic mass is 32.1. The van der Waals surface area contributed by atoms with Crippen molar-refractivity contribution in [2.75, 3.05) is 25.2 Å². The van der Waals surface area contributed by atoms with Gasteiger partial charge < -0.3 is 19.7 Å². The largest absolute Gasteiger partial charge is 0.454 e. The van der Waals surface area contributed by atoms with Gasteiger partial charge in [0, 0.05) is 36.7 Å². The third kappa shape index (κ3) is 4.38. The van der Waals surface area contributed by atoms with E-state index in [0.717, 1.165) is 28.1 Å². The van der Waals surface area contributed by atoms with Gasteiger partial charge in [0.05, 0.1) is 21.1 Å². The highest BCUT2D eigenvalue weighted by Gasteiger charge is 2.37. The molecule has 6 rings (SSSR count). The Hall–Kier alpha value is -3.39. The summed E-state index contributed by atoms with van der Waals surface area (Å²) >= 11 is 1.70. The SMILES string of the molecule is O=C(Nc1ccc2c(c1)OCO2)C1CCN(C(=O)C2CC=CCC2c2nc3ccccc3s2)CC1. The lowest BCUT2D eigenvalue weighted by molar-refractivity contribution is -0.139. The van der Waals surface area contributed by atoms with Crippen LogP contribution in [0.1, 0.15) is 36.6 Å². The lowest BCUT2D eigenvalue weighted by atomic mass is 9.81. The monoisotopic (exact) mass is 489 g/mol. The smallest absolute Gasteiger partial charge is 0.231 e. The van der Waals surface area contributed by atoms with E-state index in [1.807, 2.05) is 29.2 Å². The van der Waals surface area contributed by atoms with Crippen molar-refractivity contribution < 1.29 is 19.1 Å². The van der Waals surface area contributed by atoms with Crippen LogP contribution < -0.4 is 14.8 Å². The number of rotatable bonds is 4. The standard InChI is InChI=1S/C27H27N3O4S/c31-25(28-18-9-10-22-23(15-18)34-16-33-22)17-11-13-30(14-12-17)27(32)20-6-2-1-5-19(20)26-29-21-7-3-4-8-24(21)35-26/h1-4,7-10,15,17,19-20H,5-6,11-14,16H2,(H,28,31). The Balaban J connectivity index is 1.09.